The first-order valence-electron chi connectivity index (χ1n) is 11.2. The Bertz CT molecular complexity index is 1420. The molecule has 0 atom stereocenters. The van der Waals surface area contributed by atoms with Crippen LogP contribution in [0.4, 0.5) is 21.5 Å². The van der Waals surface area contributed by atoms with Gasteiger partial charge in [-0.3, -0.25) is 14.4 Å². The maximum Gasteiger partial charge on any atom is 0.338 e. The highest BCUT2D eigenvalue weighted by atomic mass is 35.5. The molecule has 4 rings (SSSR count). The van der Waals surface area contributed by atoms with E-state index in [1.165, 1.54) is 66.7 Å². The van der Waals surface area contributed by atoms with E-state index in [-0.39, 0.29) is 39.3 Å². The molecule has 0 unspecified atom stereocenters. The minimum Gasteiger partial charge on any atom is -0.459 e. The number of anilines is 3. The highest BCUT2D eigenvalue weighted by molar-refractivity contribution is 6.53. The molecule has 0 aromatic heterocycles. The smallest absolute Gasteiger partial charge is 0.338 e. The second kappa shape index (κ2) is 10.6. The van der Waals surface area contributed by atoms with Crippen LogP contribution in [0.3, 0.4) is 0 Å². The standard InChI is InChI=1S/C27H21ClFN3O5/c1-15(2)37-27(36)17-9-13-19(14-10-17)32-25(34)22(28)23(26(32)35)30-18-11-7-16(8-12-18)24(33)31-21-6-4-3-5-20(21)29/h3-15,30H,1-2H3,(H,31,33). The van der Waals surface area contributed by atoms with Crippen molar-refractivity contribution in [3.05, 3.63) is 100 Å². The van der Waals surface area contributed by atoms with E-state index in [2.05, 4.69) is 10.6 Å². The summed E-state index contributed by atoms with van der Waals surface area (Å²) in [6.45, 7) is 3.45. The number of nitrogens with zero attached hydrogens (tertiary/aromatic N) is 1. The SMILES string of the molecule is CC(C)OC(=O)c1ccc(N2C(=O)C(Cl)=C(Nc3ccc(C(=O)Nc4ccccc4F)cc3)C2=O)cc1. The van der Waals surface area contributed by atoms with E-state index in [0.29, 0.717) is 5.69 Å². The predicted octanol–water partition coefficient (Wildman–Crippen LogP) is 5.08. The van der Waals surface area contributed by atoms with Crippen LogP contribution in [-0.4, -0.2) is 29.8 Å². The number of ether oxygens (including phenoxy) is 1. The molecule has 1 heterocycles. The van der Waals surface area contributed by atoms with Gasteiger partial charge >= 0.3 is 5.97 Å². The number of esters is 1. The van der Waals surface area contributed by atoms with Gasteiger partial charge in [0.25, 0.3) is 17.7 Å². The van der Waals surface area contributed by atoms with Gasteiger partial charge in [-0.2, -0.15) is 0 Å². The van der Waals surface area contributed by atoms with Crippen molar-refractivity contribution >= 4 is 52.4 Å². The highest BCUT2D eigenvalue weighted by Gasteiger charge is 2.39. The molecule has 0 saturated carbocycles. The minimum absolute atomic E-state index is 0.0478. The molecule has 0 fully saturated rings. The van der Waals surface area contributed by atoms with Crippen LogP contribution in [0.5, 0.6) is 0 Å². The van der Waals surface area contributed by atoms with E-state index >= 15 is 0 Å². The number of hydrogen-bond donors (Lipinski definition) is 2. The number of hydrogen-bond acceptors (Lipinski definition) is 6. The van der Waals surface area contributed by atoms with Gasteiger partial charge in [0, 0.05) is 11.3 Å². The van der Waals surface area contributed by atoms with Crippen LogP contribution >= 0.6 is 11.6 Å². The van der Waals surface area contributed by atoms with Gasteiger partial charge in [0.15, 0.2) is 0 Å². The van der Waals surface area contributed by atoms with Crippen LogP contribution in [0.25, 0.3) is 0 Å². The number of carbonyl (C=O) groups excluding carboxylic acids is 4. The largest absolute Gasteiger partial charge is 0.459 e. The van der Waals surface area contributed by atoms with Gasteiger partial charge in [-0.15, -0.1) is 0 Å². The predicted molar refractivity (Wildman–Crippen MR) is 137 cm³/mol. The van der Waals surface area contributed by atoms with Crippen molar-refractivity contribution in [3.8, 4) is 0 Å². The average molecular weight is 522 g/mol. The zero-order valence-electron chi connectivity index (χ0n) is 19.7. The molecule has 0 aliphatic carbocycles. The maximum atomic E-state index is 13.8. The first-order chi connectivity index (χ1) is 17.7. The topological polar surface area (TPSA) is 105 Å². The molecule has 3 aromatic carbocycles. The Morgan fingerprint density at radius 2 is 1.51 bits per heavy atom. The average Bonchev–Trinajstić information content (AvgIpc) is 3.08. The third-order valence-corrected chi connectivity index (χ3v) is 5.62. The monoisotopic (exact) mass is 521 g/mol. The molecule has 3 amide bonds. The number of nitrogens with one attached hydrogen (secondary N) is 2. The summed E-state index contributed by atoms with van der Waals surface area (Å²) < 4.78 is 18.9. The summed E-state index contributed by atoms with van der Waals surface area (Å²) in [6, 6.07) is 17.6. The number of rotatable bonds is 7. The fourth-order valence-corrected chi connectivity index (χ4v) is 3.69. The van der Waals surface area contributed by atoms with Crippen LogP contribution < -0.4 is 15.5 Å². The number of carbonyl (C=O) groups is 4. The van der Waals surface area contributed by atoms with E-state index in [1.54, 1.807) is 19.9 Å². The summed E-state index contributed by atoms with van der Waals surface area (Å²) >= 11 is 6.18. The third kappa shape index (κ3) is 5.52. The molecule has 2 N–H and O–H groups in total. The Kier molecular flexibility index (Phi) is 7.35. The number of imide groups is 1. The van der Waals surface area contributed by atoms with Gasteiger partial charge in [0.05, 0.1) is 23.0 Å². The Labute approximate surface area is 216 Å². The molecule has 1 aliphatic heterocycles. The lowest BCUT2D eigenvalue weighted by molar-refractivity contribution is -0.120. The van der Waals surface area contributed by atoms with Gasteiger partial charge < -0.3 is 15.4 Å². The van der Waals surface area contributed by atoms with Crippen molar-refractivity contribution in [1.29, 1.82) is 0 Å². The lowest BCUT2D eigenvalue weighted by Gasteiger charge is -2.16. The first kappa shape index (κ1) is 25.6. The molecular formula is C27H21ClFN3O5. The number of halogens is 2. The quantitative estimate of drug-likeness (QED) is 0.332. The van der Waals surface area contributed by atoms with Crippen LogP contribution in [0, 0.1) is 5.82 Å². The van der Waals surface area contributed by atoms with E-state index < -0.39 is 29.5 Å². The molecule has 10 heteroatoms. The molecule has 0 spiro atoms. The van der Waals surface area contributed by atoms with Gasteiger partial charge in [0.1, 0.15) is 16.5 Å². The summed E-state index contributed by atoms with van der Waals surface area (Å²) in [4.78, 5) is 51.1. The summed E-state index contributed by atoms with van der Waals surface area (Å²) in [6.07, 6.45) is -0.291. The highest BCUT2D eigenvalue weighted by Crippen LogP contribution is 2.30. The lowest BCUT2D eigenvalue weighted by atomic mass is 10.1. The summed E-state index contributed by atoms with van der Waals surface area (Å²) in [5.74, 6) is -3.02. The van der Waals surface area contributed by atoms with E-state index in [0.717, 1.165) is 4.90 Å². The molecule has 0 radical (unpaired) electrons. The van der Waals surface area contributed by atoms with Crippen LogP contribution in [0.15, 0.2) is 83.5 Å². The molecule has 8 nitrogen and oxygen atoms in total. The zero-order valence-corrected chi connectivity index (χ0v) is 20.5. The summed E-state index contributed by atoms with van der Waals surface area (Å²) in [5.41, 5.74) is 1.05. The molecule has 1 aliphatic rings. The third-order valence-electron chi connectivity index (χ3n) is 5.27. The molecule has 0 saturated heterocycles. The molecule has 3 aromatic rings. The fourth-order valence-electron chi connectivity index (χ4n) is 3.48. The van der Waals surface area contributed by atoms with Crippen molar-refractivity contribution in [3.63, 3.8) is 0 Å². The Balaban J connectivity index is 1.45. The molecule has 188 valence electrons. The van der Waals surface area contributed by atoms with Crippen LogP contribution in [-0.2, 0) is 14.3 Å². The lowest BCUT2D eigenvalue weighted by Crippen LogP contribution is -2.32. The van der Waals surface area contributed by atoms with Crippen molar-refractivity contribution in [2.24, 2.45) is 0 Å². The normalized spacial score (nSPS) is 13.3. The van der Waals surface area contributed by atoms with E-state index in [4.69, 9.17) is 16.3 Å². The fraction of sp³-hybridized carbons (Fsp3) is 0.111. The maximum absolute atomic E-state index is 13.8. The molecule has 0 bridgehead atoms. The second-order valence-electron chi connectivity index (χ2n) is 8.27. The summed E-state index contributed by atoms with van der Waals surface area (Å²) in [5, 5.41) is 4.99. The van der Waals surface area contributed by atoms with E-state index in [1.807, 2.05) is 0 Å². The minimum atomic E-state index is -0.729. The number of amides is 3. The number of para-hydroxylation sites is 1. The van der Waals surface area contributed by atoms with Gasteiger partial charge in [-0.05, 0) is 74.5 Å². The van der Waals surface area contributed by atoms with Crippen molar-refractivity contribution < 1.29 is 28.3 Å². The Morgan fingerprint density at radius 1 is 0.892 bits per heavy atom. The van der Waals surface area contributed by atoms with Crippen molar-refractivity contribution in [2.75, 3.05) is 15.5 Å². The first-order valence-corrected chi connectivity index (χ1v) is 11.6. The Hall–Kier alpha value is -4.50. The second-order valence-corrected chi connectivity index (χ2v) is 8.65. The molecular weight excluding hydrogens is 501 g/mol. The van der Waals surface area contributed by atoms with Gasteiger partial charge in [-0.25, -0.2) is 14.1 Å². The van der Waals surface area contributed by atoms with Crippen LogP contribution in [0.1, 0.15) is 34.6 Å². The van der Waals surface area contributed by atoms with E-state index in [9.17, 15) is 23.6 Å². The molecule has 37 heavy (non-hydrogen) atoms. The number of benzene rings is 3. The zero-order chi connectivity index (χ0) is 26.7. The Morgan fingerprint density at radius 3 is 2.14 bits per heavy atom. The van der Waals surface area contributed by atoms with Gasteiger partial charge in [-0.1, -0.05) is 23.7 Å². The van der Waals surface area contributed by atoms with Gasteiger partial charge in [0.2, 0.25) is 0 Å². The summed E-state index contributed by atoms with van der Waals surface area (Å²) in [7, 11) is 0. The van der Waals surface area contributed by atoms with Crippen molar-refractivity contribution in [1.82, 2.24) is 0 Å². The van der Waals surface area contributed by atoms with Crippen LogP contribution in [0.2, 0.25) is 0 Å². The van der Waals surface area contributed by atoms with Crippen molar-refractivity contribution in [2.45, 2.75) is 20.0 Å².